The topological polar surface area (TPSA) is 72.9 Å². The smallest absolute Gasteiger partial charge is 0.243 e. The SMILES string of the molecule is CCC(C)(C)NC(=O)C(C)n1ccnc1CN. The van der Waals surface area contributed by atoms with Crippen molar-refractivity contribution < 1.29 is 4.79 Å². The Bertz CT molecular complexity index is 384. The van der Waals surface area contributed by atoms with Crippen LogP contribution in [0.4, 0.5) is 0 Å². The number of imidazole rings is 1. The summed E-state index contributed by atoms with van der Waals surface area (Å²) in [6.45, 7) is 8.25. The molecule has 0 radical (unpaired) electrons. The maximum Gasteiger partial charge on any atom is 0.243 e. The molecule has 0 aliphatic carbocycles. The van der Waals surface area contributed by atoms with Crippen LogP contribution in [-0.2, 0) is 11.3 Å². The van der Waals surface area contributed by atoms with E-state index in [2.05, 4.69) is 10.3 Å². The molecule has 1 aromatic rings. The second-order valence-corrected chi connectivity index (χ2v) is 4.86. The number of hydrogen-bond acceptors (Lipinski definition) is 3. The molecule has 0 bridgehead atoms. The van der Waals surface area contributed by atoms with Crippen molar-refractivity contribution in [2.75, 3.05) is 0 Å². The first-order chi connectivity index (χ1) is 7.91. The minimum absolute atomic E-state index is 0.00968. The van der Waals surface area contributed by atoms with Crippen molar-refractivity contribution in [2.24, 2.45) is 5.73 Å². The minimum Gasteiger partial charge on any atom is -0.349 e. The molecule has 1 amide bonds. The second-order valence-electron chi connectivity index (χ2n) is 4.86. The van der Waals surface area contributed by atoms with Crippen molar-refractivity contribution in [3.63, 3.8) is 0 Å². The van der Waals surface area contributed by atoms with Crippen LogP contribution in [0.5, 0.6) is 0 Å². The van der Waals surface area contributed by atoms with Gasteiger partial charge in [-0.15, -0.1) is 0 Å². The third-order valence-electron chi connectivity index (χ3n) is 3.07. The lowest BCUT2D eigenvalue weighted by atomic mass is 10.0. The Labute approximate surface area is 102 Å². The highest BCUT2D eigenvalue weighted by atomic mass is 16.2. The molecule has 1 heterocycles. The van der Waals surface area contributed by atoms with Crippen molar-refractivity contribution in [1.29, 1.82) is 0 Å². The minimum atomic E-state index is -0.290. The van der Waals surface area contributed by atoms with Gasteiger partial charge in [-0.25, -0.2) is 4.98 Å². The molecular weight excluding hydrogens is 216 g/mol. The van der Waals surface area contributed by atoms with Crippen LogP contribution >= 0.6 is 0 Å². The number of hydrogen-bond donors (Lipinski definition) is 2. The first-order valence-corrected chi connectivity index (χ1v) is 5.95. The Kier molecular flexibility index (Phi) is 4.28. The molecule has 1 aromatic heterocycles. The fourth-order valence-corrected chi connectivity index (χ4v) is 1.51. The van der Waals surface area contributed by atoms with Gasteiger partial charge in [0, 0.05) is 17.9 Å². The van der Waals surface area contributed by atoms with Crippen LogP contribution in [0.15, 0.2) is 12.4 Å². The largest absolute Gasteiger partial charge is 0.349 e. The van der Waals surface area contributed by atoms with Gasteiger partial charge in [0.25, 0.3) is 0 Å². The summed E-state index contributed by atoms with van der Waals surface area (Å²) in [5.41, 5.74) is 5.39. The molecule has 5 nitrogen and oxygen atoms in total. The van der Waals surface area contributed by atoms with Crippen LogP contribution in [0.25, 0.3) is 0 Å². The molecular formula is C12H22N4O. The van der Waals surface area contributed by atoms with Crippen molar-refractivity contribution in [2.45, 2.75) is 52.2 Å². The molecule has 0 aliphatic rings. The number of aromatic nitrogens is 2. The average Bonchev–Trinajstić information content (AvgIpc) is 2.75. The third-order valence-corrected chi connectivity index (χ3v) is 3.07. The van der Waals surface area contributed by atoms with E-state index in [1.807, 2.05) is 27.7 Å². The van der Waals surface area contributed by atoms with E-state index in [-0.39, 0.29) is 17.5 Å². The highest BCUT2D eigenvalue weighted by Gasteiger charge is 2.23. The average molecular weight is 238 g/mol. The zero-order chi connectivity index (χ0) is 13.1. The number of nitrogens with zero attached hydrogens (tertiary/aromatic N) is 2. The number of nitrogens with one attached hydrogen (secondary N) is 1. The molecule has 5 heteroatoms. The van der Waals surface area contributed by atoms with Gasteiger partial charge in [0.1, 0.15) is 11.9 Å². The van der Waals surface area contributed by atoms with E-state index in [1.54, 1.807) is 17.0 Å². The molecule has 17 heavy (non-hydrogen) atoms. The van der Waals surface area contributed by atoms with Crippen molar-refractivity contribution in [3.8, 4) is 0 Å². The summed E-state index contributed by atoms with van der Waals surface area (Å²) in [7, 11) is 0. The monoisotopic (exact) mass is 238 g/mol. The van der Waals surface area contributed by atoms with E-state index in [0.29, 0.717) is 6.54 Å². The summed E-state index contributed by atoms with van der Waals surface area (Å²) in [5.74, 6) is 0.714. The molecule has 0 saturated heterocycles. The lowest BCUT2D eigenvalue weighted by molar-refractivity contribution is -0.125. The van der Waals surface area contributed by atoms with E-state index in [9.17, 15) is 4.79 Å². The number of nitrogens with two attached hydrogens (primary N) is 1. The molecule has 1 atom stereocenters. The first-order valence-electron chi connectivity index (χ1n) is 5.95. The van der Waals surface area contributed by atoms with Crippen LogP contribution in [0.1, 0.15) is 46.0 Å². The summed E-state index contributed by atoms with van der Waals surface area (Å²) in [4.78, 5) is 16.2. The summed E-state index contributed by atoms with van der Waals surface area (Å²) >= 11 is 0. The Hall–Kier alpha value is -1.36. The van der Waals surface area contributed by atoms with Gasteiger partial charge < -0.3 is 15.6 Å². The van der Waals surface area contributed by atoms with E-state index in [4.69, 9.17) is 5.73 Å². The Morgan fingerprint density at radius 2 is 2.29 bits per heavy atom. The number of carbonyl (C=O) groups is 1. The second kappa shape index (κ2) is 5.31. The molecule has 0 saturated carbocycles. The van der Waals surface area contributed by atoms with Crippen molar-refractivity contribution in [1.82, 2.24) is 14.9 Å². The molecule has 0 aromatic carbocycles. The summed E-state index contributed by atoms with van der Waals surface area (Å²) in [6.07, 6.45) is 4.33. The fourth-order valence-electron chi connectivity index (χ4n) is 1.51. The van der Waals surface area contributed by atoms with E-state index in [1.165, 1.54) is 0 Å². The fraction of sp³-hybridized carbons (Fsp3) is 0.667. The van der Waals surface area contributed by atoms with Crippen LogP contribution in [0.3, 0.4) is 0 Å². The third kappa shape index (κ3) is 3.30. The Morgan fingerprint density at radius 1 is 1.65 bits per heavy atom. The highest BCUT2D eigenvalue weighted by molar-refractivity contribution is 5.80. The molecule has 1 rings (SSSR count). The van der Waals surface area contributed by atoms with Gasteiger partial charge in [-0.2, -0.15) is 0 Å². The van der Waals surface area contributed by atoms with Crippen LogP contribution < -0.4 is 11.1 Å². The molecule has 0 fully saturated rings. The molecule has 0 aliphatic heterocycles. The maximum atomic E-state index is 12.1. The molecule has 1 unspecified atom stereocenters. The van der Waals surface area contributed by atoms with E-state index >= 15 is 0 Å². The predicted molar refractivity (Wildman–Crippen MR) is 67.3 cm³/mol. The maximum absolute atomic E-state index is 12.1. The van der Waals surface area contributed by atoms with Gasteiger partial charge in [0.15, 0.2) is 0 Å². The van der Waals surface area contributed by atoms with Gasteiger partial charge in [0.2, 0.25) is 5.91 Å². The van der Waals surface area contributed by atoms with Crippen LogP contribution in [0, 0.1) is 0 Å². The molecule has 3 N–H and O–H groups in total. The zero-order valence-corrected chi connectivity index (χ0v) is 11.0. The lowest BCUT2D eigenvalue weighted by Crippen LogP contribution is -2.45. The van der Waals surface area contributed by atoms with Gasteiger partial charge in [0.05, 0.1) is 6.54 Å². The standard InChI is InChI=1S/C12H22N4O/c1-5-12(3,4)15-11(17)9(2)16-7-6-14-10(16)8-13/h6-7,9H,5,8,13H2,1-4H3,(H,15,17). The van der Waals surface area contributed by atoms with Gasteiger partial charge in [-0.05, 0) is 27.2 Å². The van der Waals surface area contributed by atoms with Crippen LogP contribution in [0.2, 0.25) is 0 Å². The van der Waals surface area contributed by atoms with Crippen molar-refractivity contribution in [3.05, 3.63) is 18.2 Å². The highest BCUT2D eigenvalue weighted by Crippen LogP contribution is 2.13. The van der Waals surface area contributed by atoms with Gasteiger partial charge in [-0.3, -0.25) is 4.79 Å². The van der Waals surface area contributed by atoms with Gasteiger partial charge in [-0.1, -0.05) is 6.92 Å². The zero-order valence-electron chi connectivity index (χ0n) is 11.0. The Morgan fingerprint density at radius 3 is 2.82 bits per heavy atom. The number of amides is 1. The van der Waals surface area contributed by atoms with Crippen LogP contribution in [-0.4, -0.2) is 21.0 Å². The number of carbonyl (C=O) groups excluding carboxylic acids is 1. The summed E-state index contributed by atoms with van der Waals surface area (Å²) in [5, 5.41) is 3.02. The molecule has 0 spiro atoms. The molecule has 96 valence electrons. The van der Waals surface area contributed by atoms with E-state index < -0.39 is 0 Å². The lowest BCUT2D eigenvalue weighted by Gasteiger charge is -2.27. The number of rotatable bonds is 5. The first kappa shape index (κ1) is 13.7. The summed E-state index contributed by atoms with van der Waals surface area (Å²) < 4.78 is 1.81. The van der Waals surface area contributed by atoms with E-state index in [0.717, 1.165) is 12.2 Å². The van der Waals surface area contributed by atoms with Crippen molar-refractivity contribution >= 4 is 5.91 Å². The predicted octanol–water partition coefficient (Wildman–Crippen LogP) is 1.21. The Balaban J connectivity index is 2.77. The van der Waals surface area contributed by atoms with Gasteiger partial charge >= 0.3 is 0 Å². The summed E-state index contributed by atoms with van der Waals surface area (Å²) in [6, 6.07) is -0.290. The quantitative estimate of drug-likeness (QED) is 0.809. The normalized spacial score (nSPS) is 13.5.